The van der Waals surface area contributed by atoms with Gasteiger partial charge in [0.15, 0.2) is 5.82 Å². The Bertz CT molecular complexity index is 496. The highest BCUT2D eigenvalue weighted by molar-refractivity contribution is 5.76. The third-order valence-electron chi connectivity index (χ3n) is 4.28. The molecular weight excluding hydrogens is 274 g/mol. The predicted octanol–water partition coefficient (Wildman–Crippen LogP) is 1.28. The first-order valence-electron chi connectivity index (χ1n) is 7.43. The van der Waals surface area contributed by atoms with Crippen LogP contribution in [0.4, 0.5) is 0 Å². The highest BCUT2D eigenvalue weighted by atomic mass is 16.5. The summed E-state index contributed by atoms with van der Waals surface area (Å²) >= 11 is 0. The molecule has 2 saturated heterocycles. The smallest absolute Gasteiger partial charge is 0.252 e. The van der Waals surface area contributed by atoms with E-state index in [0.717, 1.165) is 32.3 Å². The van der Waals surface area contributed by atoms with Gasteiger partial charge >= 0.3 is 0 Å². The Morgan fingerprint density at radius 1 is 1.38 bits per heavy atom. The van der Waals surface area contributed by atoms with E-state index in [9.17, 15) is 4.79 Å². The summed E-state index contributed by atoms with van der Waals surface area (Å²) in [4.78, 5) is 18.3. The molecule has 1 aromatic heterocycles. The van der Waals surface area contributed by atoms with Crippen LogP contribution in [0.1, 0.15) is 43.8 Å². The lowest BCUT2D eigenvalue weighted by Crippen LogP contribution is -2.32. The van der Waals surface area contributed by atoms with Gasteiger partial charge in [0, 0.05) is 26.7 Å². The lowest BCUT2D eigenvalue weighted by molar-refractivity contribution is -0.131. The van der Waals surface area contributed by atoms with Gasteiger partial charge in [-0.05, 0) is 25.7 Å². The van der Waals surface area contributed by atoms with E-state index in [1.807, 2.05) is 0 Å². The van der Waals surface area contributed by atoms with E-state index in [-0.39, 0.29) is 18.1 Å². The number of amides is 1. The average Bonchev–Trinajstić information content (AvgIpc) is 3.08. The standard InChI is InChI=1S/C14H21N3O4/c1-19-10-12-15-11(16-21-12)9-17-7-6-14(4-2-8-20-14)5-3-13(17)18/h2-10H2,1H3/t14-/m0/s1. The molecule has 3 rings (SSSR count). The molecule has 1 spiro atoms. The Morgan fingerprint density at radius 2 is 2.29 bits per heavy atom. The average molecular weight is 295 g/mol. The Labute approximate surface area is 123 Å². The molecule has 0 bridgehead atoms. The van der Waals surface area contributed by atoms with Crippen LogP contribution < -0.4 is 0 Å². The van der Waals surface area contributed by atoms with Crippen LogP contribution in [0, 0.1) is 0 Å². The largest absolute Gasteiger partial charge is 0.375 e. The van der Waals surface area contributed by atoms with Crippen molar-refractivity contribution >= 4 is 5.91 Å². The zero-order chi connectivity index (χ0) is 14.7. The molecule has 7 nitrogen and oxygen atoms in total. The lowest BCUT2D eigenvalue weighted by Gasteiger charge is -2.26. The maximum atomic E-state index is 12.3. The van der Waals surface area contributed by atoms with Gasteiger partial charge in [0.05, 0.1) is 12.1 Å². The van der Waals surface area contributed by atoms with Crippen LogP contribution in [0.5, 0.6) is 0 Å². The Hall–Kier alpha value is -1.47. The second-order valence-electron chi connectivity index (χ2n) is 5.74. The molecule has 0 aromatic carbocycles. The minimum atomic E-state index is -0.0805. The minimum Gasteiger partial charge on any atom is -0.375 e. The summed E-state index contributed by atoms with van der Waals surface area (Å²) in [5.74, 6) is 1.10. The van der Waals surface area contributed by atoms with Crippen molar-refractivity contribution in [3.63, 3.8) is 0 Å². The normalized spacial score (nSPS) is 26.5. The monoisotopic (exact) mass is 295 g/mol. The molecule has 3 heterocycles. The fourth-order valence-corrected chi connectivity index (χ4v) is 3.11. The first kappa shape index (κ1) is 14.5. The van der Waals surface area contributed by atoms with E-state index in [1.165, 1.54) is 0 Å². The van der Waals surface area contributed by atoms with E-state index in [0.29, 0.717) is 31.2 Å². The summed E-state index contributed by atoms with van der Waals surface area (Å²) in [7, 11) is 1.57. The third kappa shape index (κ3) is 3.24. The van der Waals surface area contributed by atoms with Gasteiger partial charge in [-0.25, -0.2) is 0 Å². The number of methoxy groups -OCH3 is 1. The van der Waals surface area contributed by atoms with Crippen molar-refractivity contribution in [2.75, 3.05) is 20.3 Å². The van der Waals surface area contributed by atoms with Crippen molar-refractivity contribution < 1.29 is 18.8 Å². The van der Waals surface area contributed by atoms with Crippen molar-refractivity contribution in [3.8, 4) is 0 Å². The molecule has 2 aliphatic heterocycles. The lowest BCUT2D eigenvalue weighted by atomic mass is 9.92. The second kappa shape index (κ2) is 6.11. The number of carbonyl (C=O) groups is 1. The van der Waals surface area contributed by atoms with Crippen LogP contribution in [0.3, 0.4) is 0 Å². The number of hydrogen-bond donors (Lipinski definition) is 0. The number of ether oxygens (including phenoxy) is 2. The van der Waals surface area contributed by atoms with Crippen LogP contribution in [-0.4, -0.2) is 46.8 Å². The highest BCUT2D eigenvalue weighted by Crippen LogP contribution is 2.36. The zero-order valence-electron chi connectivity index (χ0n) is 12.3. The van der Waals surface area contributed by atoms with Gasteiger partial charge in [-0.1, -0.05) is 5.16 Å². The van der Waals surface area contributed by atoms with Gasteiger partial charge in [-0.15, -0.1) is 0 Å². The molecule has 7 heteroatoms. The van der Waals surface area contributed by atoms with Crippen LogP contribution in [0.25, 0.3) is 0 Å². The summed E-state index contributed by atoms with van der Waals surface area (Å²) in [6.07, 6.45) is 4.40. The zero-order valence-corrected chi connectivity index (χ0v) is 12.3. The van der Waals surface area contributed by atoms with E-state index in [2.05, 4.69) is 10.1 Å². The van der Waals surface area contributed by atoms with Crippen LogP contribution >= 0.6 is 0 Å². The number of likely N-dealkylation sites (tertiary alicyclic amines) is 1. The Kier molecular flexibility index (Phi) is 4.21. The summed E-state index contributed by atoms with van der Waals surface area (Å²) in [6, 6.07) is 0. The molecule has 1 aromatic rings. The quantitative estimate of drug-likeness (QED) is 0.832. The predicted molar refractivity (Wildman–Crippen MR) is 72.2 cm³/mol. The number of aromatic nitrogens is 2. The summed E-state index contributed by atoms with van der Waals surface area (Å²) in [6.45, 7) is 2.19. The maximum absolute atomic E-state index is 12.3. The van der Waals surface area contributed by atoms with Crippen LogP contribution in [-0.2, 0) is 27.4 Å². The Balaban J connectivity index is 1.62. The number of hydrogen-bond acceptors (Lipinski definition) is 6. The van der Waals surface area contributed by atoms with Gasteiger partial charge in [-0.3, -0.25) is 4.79 Å². The summed E-state index contributed by atoms with van der Waals surface area (Å²) in [5.41, 5.74) is -0.0805. The van der Waals surface area contributed by atoms with Crippen molar-refractivity contribution in [3.05, 3.63) is 11.7 Å². The Morgan fingerprint density at radius 3 is 3.05 bits per heavy atom. The fraction of sp³-hybridized carbons (Fsp3) is 0.786. The summed E-state index contributed by atoms with van der Waals surface area (Å²) in [5, 5.41) is 3.89. The minimum absolute atomic E-state index is 0.0805. The molecule has 2 fully saturated rings. The molecular formula is C14H21N3O4. The molecule has 0 N–H and O–H groups in total. The molecule has 21 heavy (non-hydrogen) atoms. The van der Waals surface area contributed by atoms with E-state index >= 15 is 0 Å². The van der Waals surface area contributed by atoms with Gasteiger partial charge in [-0.2, -0.15) is 4.98 Å². The van der Waals surface area contributed by atoms with E-state index < -0.39 is 0 Å². The second-order valence-corrected chi connectivity index (χ2v) is 5.74. The maximum Gasteiger partial charge on any atom is 0.252 e. The molecule has 0 aliphatic carbocycles. The topological polar surface area (TPSA) is 77.7 Å². The number of rotatable bonds is 4. The van der Waals surface area contributed by atoms with Crippen LogP contribution in [0.2, 0.25) is 0 Å². The number of carbonyl (C=O) groups excluding carboxylic acids is 1. The highest BCUT2D eigenvalue weighted by Gasteiger charge is 2.38. The molecule has 0 unspecified atom stereocenters. The van der Waals surface area contributed by atoms with E-state index in [4.69, 9.17) is 14.0 Å². The molecule has 1 amide bonds. The molecule has 0 radical (unpaired) electrons. The molecule has 2 aliphatic rings. The fourth-order valence-electron chi connectivity index (χ4n) is 3.11. The number of nitrogens with zero attached hydrogens (tertiary/aromatic N) is 3. The van der Waals surface area contributed by atoms with E-state index in [1.54, 1.807) is 12.0 Å². The first-order valence-corrected chi connectivity index (χ1v) is 7.43. The van der Waals surface area contributed by atoms with Crippen molar-refractivity contribution in [2.45, 2.75) is 50.9 Å². The van der Waals surface area contributed by atoms with Crippen LogP contribution in [0.15, 0.2) is 4.52 Å². The SMILES string of the molecule is COCc1nc(CN2CC[C@]3(CCCO3)CCC2=O)no1. The van der Waals surface area contributed by atoms with Crippen molar-refractivity contribution in [2.24, 2.45) is 0 Å². The van der Waals surface area contributed by atoms with Crippen molar-refractivity contribution in [1.82, 2.24) is 15.0 Å². The third-order valence-corrected chi connectivity index (χ3v) is 4.28. The van der Waals surface area contributed by atoms with Gasteiger partial charge in [0.2, 0.25) is 5.91 Å². The first-order chi connectivity index (χ1) is 10.2. The molecule has 116 valence electrons. The van der Waals surface area contributed by atoms with Gasteiger partial charge < -0.3 is 18.9 Å². The molecule has 0 saturated carbocycles. The van der Waals surface area contributed by atoms with Gasteiger partial charge in [0.25, 0.3) is 5.89 Å². The van der Waals surface area contributed by atoms with Crippen molar-refractivity contribution in [1.29, 1.82) is 0 Å². The summed E-state index contributed by atoms with van der Waals surface area (Å²) < 4.78 is 15.9. The molecule has 1 atom stereocenters. The van der Waals surface area contributed by atoms with Gasteiger partial charge in [0.1, 0.15) is 6.61 Å².